The van der Waals surface area contributed by atoms with E-state index in [2.05, 4.69) is 9.97 Å². The Balaban J connectivity index is 2.34. The maximum atomic E-state index is 12.5. The van der Waals surface area contributed by atoms with Crippen molar-refractivity contribution in [3.05, 3.63) is 27.2 Å². The standard InChI is InChI=1S/C15H22N4O3/c1-3-4-8-18-13-12(16-10-17-13)14(21)19(15(18)22)9-6-5-7-11(2)20/h10H,3-9H2,1-2H3,(H,16,17). The number of aromatic amines is 1. The largest absolute Gasteiger partial charge is 0.339 e. The summed E-state index contributed by atoms with van der Waals surface area (Å²) in [6.07, 6.45) is 5.03. The molecule has 0 atom stereocenters. The van der Waals surface area contributed by atoms with Gasteiger partial charge in [0.05, 0.1) is 6.33 Å². The van der Waals surface area contributed by atoms with Crippen LogP contribution in [0.25, 0.3) is 11.2 Å². The van der Waals surface area contributed by atoms with Crippen LogP contribution >= 0.6 is 0 Å². The molecule has 0 unspecified atom stereocenters. The van der Waals surface area contributed by atoms with Gasteiger partial charge in [-0.25, -0.2) is 9.78 Å². The van der Waals surface area contributed by atoms with Gasteiger partial charge in [-0.15, -0.1) is 0 Å². The molecule has 2 aromatic rings. The van der Waals surface area contributed by atoms with Crippen molar-refractivity contribution in [1.29, 1.82) is 0 Å². The van der Waals surface area contributed by atoms with Gasteiger partial charge in [-0.05, 0) is 26.2 Å². The van der Waals surface area contributed by atoms with Crippen molar-refractivity contribution in [3.8, 4) is 0 Å². The topological polar surface area (TPSA) is 89.8 Å². The molecular weight excluding hydrogens is 284 g/mol. The van der Waals surface area contributed by atoms with Crippen LogP contribution in [0.15, 0.2) is 15.9 Å². The van der Waals surface area contributed by atoms with E-state index >= 15 is 0 Å². The number of Topliss-reactive ketones (excluding diaryl/α,β-unsaturated/α-hetero) is 1. The van der Waals surface area contributed by atoms with Gasteiger partial charge in [-0.2, -0.15) is 0 Å². The van der Waals surface area contributed by atoms with E-state index in [0.717, 1.165) is 12.8 Å². The molecule has 0 spiro atoms. The molecule has 0 bridgehead atoms. The van der Waals surface area contributed by atoms with Gasteiger partial charge in [0, 0.05) is 19.5 Å². The van der Waals surface area contributed by atoms with Crippen molar-refractivity contribution >= 4 is 16.9 Å². The normalized spacial score (nSPS) is 11.2. The van der Waals surface area contributed by atoms with Gasteiger partial charge in [0.15, 0.2) is 5.65 Å². The molecule has 22 heavy (non-hydrogen) atoms. The van der Waals surface area contributed by atoms with Crippen molar-refractivity contribution in [3.63, 3.8) is 0 Å². The van der Waals surface area contributed by atoms with Crippen LogP contribution in [0.2, 0.25) is 0 Å². The third kappa shape index (κ3) is 3.35. The highest BCUT2D eigenvalue weighted by Gasteiger charge is 2.14. The van der Waals surface area contributed by atoms with Gasteiger partial charge < -0.3 is 9.78 Å². The van der Waals surface area contributed by atoms with Crippen LogP contribution in [0.1, 0.15) is 46.0 Å². The van der Waals surface area contributed by atoms with Gasteiger partial charge in [0.25, 0.3) is 5.56 Å². The molecule has 2 heterocycles. The van der Waals surface area contributed by atoms with Crippen LogP contribution in [-0.2, 0) is 17.9 Å². The lowest BCUT2D eigenvalue weighted by Gasteiger charge is -2.10. The van der Waals surface area contributed by atoms with Crippen molar-refractivity contribution < 1.29 is 4.79 Å². The van der Waals surface area contributed by atoms with E-state index in [4.69, 9.17) is 0 Å². The molecule has 120 valence electrons. The first-order valence-corrected chi connectivity index (χ1v) is 7.72. The Kier molecular flexibility index (Phi) is 5.30. The minimum atomic E-state index is -0.340. The predicted octanol–water partition coefficient (Wildman–Crippen LogP) is 1.45. The lowest BCUT2D eigenvalue weighted by atomic mass is 10.2. The highest BCUT2D eigenvalue weighted by molar-refractivity contribution is 5.75. The Hall–Kier alpha value is -2.18. The van der Waals surface area contributed by atoms with Gasteiger partial charge in [0.1, 0.15) is 11.3 Å². The smallest absolute Gasteiger partial charge is 0.332 e. The highest BCUT2D eigenvalue weighted by Crippen LogP contribution is 2.04. The number of fused-ring (bicyclic) bond motifs is 1. The van der Waals surface area contributed by atoms with Crippen LogP contribution in [0.3, 0.4) is 0 Å². The summed E-state index contributed by atoms with van der Waals surface area (Å²) in [6, 6.07) is 0. The summed E-state index contributed by atoms with van der Waals surface area (Å²) in [5.41, 5.74) is 0.125. The number of H-pyrrole nitrogens is 1. The fraction of sp³-hybridized carbons (Fsp3) is 0.600. The van der Waals surface area contributed by atoms with Crippen LogP contribution in [-0.4, -0.2) is 24.9 Å². The molecule has 0 saturated heterocycles. The van der Waals surface area contributed by atoms with Crippen LogP contribution in [0.4, 0.5) is 0 Å². The number of nitrogens with one attached hydrogen (secondary N) is 1. The van der Waals surface area contributed by atoms with Gasteiger partial charge >= 0.3 is 5.69 Å². The molecule has 1 N–H and O–H groups in total. The SMILES string of the molecule is CCCCn1c(=O)n(CCCCC(C)=O)c(=O)c2[nH]cnc21. The first kappa shape index (κ1) is 16.2. The van der Waals surface area contributed by atoms with E-state index in [1.807, 2.05) is 6.92 Å². The molecule has 2 rings (SSSR count). The number of imidazole rings is 1. The van der Waals surface area contributed by atoms with Gasteiger partial charge in [-0.3, -0.25) is 13.9 Å². The van der Waals surface area contributed by atoms with Crippen molar-refractivity contribution in [1.82, 2.24) is 19.1 Å². The van der Waals surface area contributed by atoms with E-state index in [-0.39, 0.29) is 17.0 Å². The third-order valence-electron chi connectivity index (χ3n) is 3.69. The van der Waals surface area contributed by atoms with Crippen LogP contribution in [0.5, 0.6) is 0 Å². The second-order valence-corrected chi connectivity index (χ2v) is 5.50. The summed E-state index contributed by atoms with van der Waals surface area (Å²) < 4.78 is 2.80. The number of hydrogen-bond acceptors (Lipinski definition) is 4. The number of unbranched alkanes of at least 4 members (excludes halogenated alkanes) is 2. The second kappa shape index (κ2) is 7.20. The summed E-state index contributed by atoms with van der Waals surface area (Å²) in [4.78, 5) is 42.8. The molecule has 0 aliphatic rings. The Labute approximate surface area is 128 Å². The Morgan fingerprint density at radius 3 is 2.59 bits per heavy atom. The van der Waals surface area contributed by atoms with E-state index < -0.39 is 0 Å². The van der Waals surface area contributed by atoms with Crippen molar-refractivity contribution in [2.24, 2.45) is 0 Å². The van der Waals surface area contributed by atoms with Crippen molar-refractivity contribution in [2.45, 2.75) is 59.0 Å². The van der Waals surface area contributed by atoms with E-state index in [1.165, 1.54) is 10.9 Å². The number of carbonyl (C=O) groups is 1. The number of ketones is 1. The number of nitrogens with zero attached hydrogens (tertiary/aromatic N) is 3. The Morgan fingerprint density at radius 2 is 1.91 bits per heavy atom. The molecule has 0 aliphatic carbocycles. The number of hydrogen-bond donors (Lipinski definition) is 1. The summed E-state index contributed by atoms with van der Waals surface area (Å²) in [7, 11) is 0. The zero-order valence-electron chi connectivity index (χ0n) is 13.1. The Bertz CT molecular complexity index is 769. The number of rotatable bonds is 8. The van der Waals surface area contributed by atoms with E-state index in [1.54, 1.807) is 11.5 Å². The maximum absolute atomic E-state index is 12.5. The zero-order chi connectivity index (χ0) is 16.1. The average molecular weight is 306 g/mol. The lowest BCUT2D eigenvalue weighted by Crippen LogP contribution is -2.40. The minimum Gasteiger partial charge on any atom is -0.339 e. The minimum absolute atomic E-state index is 0.122. The first-order chi connectivity index (χ1) is 10.6. The van der Waals surface area contributed by atoms with E-state index in [0.29, 0.717) is 43.5 Å². The highest BCUT2D eigenvalue weighted by atomic mass is 16.2. The van der Waals surface area contributed by atoms with Crippen LogP contribution in [0, 0.1) is 0 Å². The molecule has 7 nitrogen and oxygen atoms in total. The van der Waals surface area contributed by atoms with Crippen LogP contribution < -0.4 is 11.2 Å². The molecule has 7 heteroatoms. The summed E-state index contributed by atoms with van der Waals surface area (Å²) in [5, 5.41) is 0. The molecule has 0 amide bonds. The number of aryl methyl sites for hydroxylation is 1. The Morgan fingerprint density at radius 1 is 1.18 bits per heavy atom. The summed E-state index contributed by atoms with van der Waals surface area (Å²) in [6.45, 7) is 4.46. The lowest BCUT2D eigenvalue weighted by molar-refractivity contribution is -0.117. The number of aromatic nitrogens is 4. The van der Waals surface area contributed by atoms with Gasteiger partial charge in [-0.1, -0.05) is 13.3 Å². The molecule has 0 aliphatic heterocycles. The molecule has 0 saturated carbocycles. The quantitative estimate of drug-likeness (QED) is 0.747. The molecule has 2 aromatic heterocycles. The second-order valence-electron chi connectivity index (χ2n) is 5.50. The average Bonchev–Trinajstić information content (AvgIpc) is 2.95. The maximum Gasteiger partial charge on any atom is 0.332 e. The zero-order valence-corrected chi connectivity index (χ0v) is 13.1. The summed E-state index contributed by atoms with van der Waals surface area (Å²) in [5.74, 6) is 0.122. The molecule has 0 aromatic carbocycles. The van der Waals surface area contributed by atoms with Crippen molar-refractivity contribution in [2.75, 3.05) is 0 Å². The third-order valence-corrected chi connectivity index (χ3v) is 3.69. The fourth-order valence-corrected chi connectivity index (χ4v) is 2.47. The molecule has 0 radical (unpaired) electrons. The number of carbonyl (C=O) groups excluding carboxylic acids is 1. The molecular formula is C15H22N4O3. The fourth-order valence-electron chi connectivity index (χ4n) is 2.47. The predicted molar refractivity (Wildman–Crippen MR) is 84.1 cm³/mol. The first-order valence-electron chi connectivity index (χ1n) is 7.72. The summed E-state index contributed by atoms with van der Waals surface area (Å²) >= 11 is 0. The monoisotopic (exact) mass is 306 g/mol. The van der Waals surface area contributed by atoms with Gasteiger partial charge in [0.2, 0.25) is 0 Å². The van der Waals surface area contributed by atoms with E-state index in [9.17, 15) is 14.4 Å². The molecule has 0 fully saturated rings.